The van der Waals surface area contributed by atoms with E-state index in [0.29, 0.717) is 28.5 Å². The lowest BCUT2D eigenvalue weighted by Crippen LogP contribution is -2.14. The second kappa shape index (κ2) is 4.87. The zero-order valence-corrected chi connectivity index (χ0v) is 12.4. The van der Waals surface area contributed by atoms with E-state index in [-0.39, 0.29) is 5.82 Å². The molecule has 114 valence electrons. The number of fused-ring (bicyclic) bond motifs is 2. The van der Waals surface area contributed by atoms with E-state index in [1.165, 1.54) is 4.52 Å². The number of aryl methyl sites for hydroxylation is 2. The number of benzene rings is 1. The van der Waals surface area contributed by atoms with Crippen LogP contribution in [0.15, 0.2) is 34.9 Å². The zero-order chi connectivity index (χ0) is 16.0. The number of rotatable bonds is 2. The van der Waals surface area contributed by atoms with Crippen molar-refractivity contribution in [2.24, 2.45) is 0 Å². The molecule has 0 bridgehead atoms. The molecule has 0 aliphatic carbocycles. The van der Waals surface area contributed by atoms with Gasteiger partial charge < -0.3 is 9.73 Å². The molecule has 0 aliphatic heterocycles. The molecule has 1 N–H and O–H groups in total. The molecule has 0 aliphatic rings. The number of nitrogens with one attached hydrogen (secondary N) is 1. The van der Waals surface area contributed by atoms with E-state index < -0.39 is 5.91 Å². The molecule has 3 aromatic heterocycles. The van der Waals surface area contributed by atoms with Crippen molar-refractivity contribution in [3.63, 3.8) is 0 Å². The first-order valence-electron chi connectivity index (χ1n) is 6.97. The fraction of sp³-hybridized carbons (Fsp3) is 0.133. The highest BCUT2D eigenvalue weighted by molar-refractivity contribution is 6.02. The third-order valence-corrected chi connectivity index (χ3v) is 3.39. The highest BCUT2D eigenvalue weighted by atomic mass is 16.3. The maximum Gasteiger partial charge on any atom is 0.295 e. The van der Waals surface area contributed by atoms with Crippen molar-refractivity contribution < 1.29 is 9.21 Å². The molecule has 0 radical (unpaired) electrons. The van der Waals surface area contributed by atoms with Gasteiger partial charge in [0.15, 0.2) is 11.5 Å². The average molecular weight is 308 g/mol. The Balaban J connectivity index is 1.65. The molecule has 0 fully saturated rings. The molecule has 23 heavy (non-hydrogen) atoms. The molecule has 0 spiro atoms. The zero-order valence-electron chi connectivity index (χ0n) is 12.4. The summed E-state index contributed by atoms with van der Waals surface area (Å²) in [6, 6.07) is 7.03. The number of carbonyl (C=O) groups is 1. The molecule has 0 saturated carbocycles. The molecule has 4 rings (SSSR count). The van der Waals surface area contributed by atoms with Crippen LogP contribution in [0.25, 0.3) is 16.9 Å². The Bertz CT molecular complexity index is 1050. The van der Waals surface area contributed by atoms with Gasteiger partial charge in [0, 0.05) is 24.5 Å². The molecule has 8 nitrogen and oxygen atoms in total. The minimum absolute atomic E-state index is 0.0585. The molecule has 1 aromatic carbocycles. The van der Waals surface area contributed by atoms with Crippen molar-refractivity contribution in [1.82, 2.24) is 24.6 Å². The first kappa shape index (κ1) is 13.4. The topological polar surface area (TPSA) is 98.2 Å². The van der Waals surface area contributed by atoms with Gasteiger partial charge in [-0.2, -0.15) is 4.98 Å². The van der Waals surface area contributed by atoms with Gasteiger partial charge in [0.05, 0.1) is 0 Å². The lowest BCUT2D eigenvalue weighted by atomic mass is 10.3. The minimum atomic E-state index is -0.408. The summed E-state index contributed by atoms with van der Waals surface area (Å²) in [5.41, 5.74) is 2.80. The van der Waals surface area contributed by atoms with E-state index in [2.05, 4.69) is 25.4 Å². The molecular formula is C15H12N6O2. The van der Waals surface area contributed by atoms with Crippen LogP contribution >= 0.6 is 0 Å². The summed E-state index contributed by atoms with van der Waals surface area (Å²) in [4.78, 5) is 24.8. The fourth-order valence-electron chi connectivity index (χ4n) is 2.31. The van der Waals surface area contributed by atoms with E-state index in [4.69, 9.17) is 4.42 Å². The lowest BCUT2D eigenvalue weighted by Gasteiger charge is -2.01. The van der Waals surface area contributed by atoms with Crippen molar-refractivity contribution in [3.8, 4) is 0 Å². The largest absolute Gasteiger partial charge is 0.441 e. The molecule has 3 heterocycles. The van der Waals surface area contributed by atoms with Crippen molar-refractivity contribution >= 4 is 28.5 Å². The van der Waals surface area contributed by atoms with Crippen LogP contribution in [0.2, 0.25) is 0 Å². The monoisotopic (exact) mass is 308 g/mol. The third-order valence-electron chi connectivity index (χ3n) is 3.39. The first-order chi connectivity index (χ1) is 11.1. The second-order valence-corrected chi connectivity index (χ2v) is 5.10. The summed E-state index contributed by atoms with van der Waals surface area (Å²) in [5.74, 6) is 0.613. The number of carbonyl (C=O) groups excluding carboxylic acids is 1. The van der Waals surface area contributed by atoms with Gasteiger partial charge >= 0.3 is 0 Å². The molecule has 1 amide bonds. The summed E-state index contributed by atoms with van der Waals surface area (Å²) in [7, 11) is 0. The predicted molar refractivity (Wildman–Crippen MR) is 82.2 cm³/mol. The second-order valence-electron chi connectivity index (χ2n) is 5.10. The molecule has 8 heteroatoms. The Morgan fingerprint density at radius 3 is 2.91 bits per heavy atom. The van der Waals surface area contributed by atoms with Crippen molar-refractivity contribution in [3.05, 3.63) is 47.9 Å². The van der Waals surface area contributed by atoms with Gasteiger partial charge in [-0.05, 0) is 31.2 Å². The number of nitrogens with zero attached hydrogens (tertiary/aromatic N) is 5. The molecule has 0 saturated heterocycles. The van der Waals surface area contributed by atoms with Gasteiger partial charge in [0.25, 0.3) is 11.7 Å². The van der Waals surface area contributed by atoms with Crippen molar-refractivity contribution in [2.75, 3.05) is 5.32 Å². The third kappa shape index (κ3) is 2.30. The summed E-state index contributed by atoms with van der Waals surface area (Å²) >= 11 is 0. The number of amides is 1. The van der Waals surface area contributed by atoms with E-state index >= 15 is 0 Å². The van der Waals surface area contributed by atoms with Crippen LogP contribution in [-0.2, 0) is 0 Å². The number of anilines is 1. The fourth-order valence-corrected chi connectivity index (χ4v) is 2.31. The quantitative estimate of drug-likeness (QED) is 0.609. The molecule has 0 unspecified atom stereocenters. The Morgan fingerprint density at radius 2 is 2.09 bits per heavy atom. The van der Waals surface area contributed by atoms with Crippen LogP contribution in [0.1, 0.15) is 22.2 Å². The number of aromatic nitrogens is 5. The van der Waals surface area contributed by atoms with Gasteiger partial charge in [-0.15, -0.1) is 5.10 Å². The highest BCUT2D eigenvalue weighted by Gasteiger charge is 2.15. The van der Waals surface area contributed by atoms with Gasteiger partial charge in [-0.1, -0.05) is 0 Å². The standard InChI is InChI=1S/C15H12N6O2/c1-8-5-6-16-15-19-13(20-21(8)15)14(22)18-10-3-4-12-11(7-10)17-9(2)23-12/h3-7H,1-2H3,(H,18,22). The maximum absolute atomic E-state index is 12.3. The van der Waals surface area contributed by atoms with E-state index in [1.807, 2.05) is 6.92 Å². The summed E-state index contributed by atoms with van der Waals surface area (Å²) < 4.78 is 6.93. The minimum Gasteiger partial charge on any atom is -0.441 e. The van der Waals surface area contributed by atoms with E-state index in [1.54, 1.807) is 37.4 Å². The number of hydrogen-bond donors (Lipinski definition) is 1. The van der Waals surface area contributed by atoms with Crippen LogP contribution < -0.4 is 5.32 Å². The summed E-state index contributed by atoms with van der Waals surface area (Å²) in [6.45, 7) is 3.64. The van der Waals surface area contributed by atoms with Crippen LogP contribution in [0, 0.1) is 13.8 Å². The van der Waals surface area contributed by atoms with Gasteiger partial charge in [0.1, 0.15) is 5.52 Å². The van der Waals surface area contributed by atoms with Crippen molar-refractivity contribution in [2.45, 2.75) is 13.8 Å². The van der Waals surface area contributed by atoms with Crippen LogP contribution in [-0.4, -0.2) is 30.5 Å². The first-order valence-corrected chi connectivity index (χ1v) is 6.97. The van der Waals surface area contributed by atoms with Gasteiger partial charge in [-0.25, -0.2) is 14.5 Å². The number of oxazole rings is 1. The molecular weight excluding hydrogens is 296 g/mol. The molecule has 0 atom stereocenters. The summed E-state index contributed by atoms with van der Waals surface area (Å²) in [5, 5.41) is 6.92. The van der Waals surface area contributed by atoms with Gasteiger partial charge in [0.2, 0.25) is 5.82 Å². The normalized spacial score (nSPS) is 11.2. The highest BCUT2D eigenvalue weighted by Crippen LogP contribution is 2.20. The lowest BCUT2D eigenvalue weighted by molar-refractivity contribution is 0.101. The summed E-state index contributed by atoms with van der Waals surface area (Å²) in [6.07, 6.45) is 1.63. The van der Waals surface area contributed by atoms with Crippen LogP contribution in [0.5, 0.6) is 0 Å². The Hall–Kier alpha value is -3.29. The Labute approximate surface area is 130 Å². The number of hydrogen-bond acceptors (Lipinski definition) is 6. The van der Waals surface area contributed by atoms with E-state index in [9.17, 15) is 4.79 Å². The molecule has 4 aromatic rings. The Kier molecular flexibility index (Phi) is 2.83. The smallest absolute Gasteiger partial charge is 0.295 e. The van der Waals surface area contributed by atoms with Crippen LogP contribution in [0.3, 0.4) is 0 Å². The Morgan fingerprint density at radius 1 is 1.22 bits per heavy atom. The predicted octanol–water partition coefficient (Wildman–Crippen LogP) is 2.13. The van der Waals surface area contributed by atoms with E-state index in [0.717, 1.165) is 5.69 Å². The van der Waals surface area contributed by atoms with Crippen LogP contribution in [0.4, 0.5) is 5.69 Å². The van der Waals surface area contributed by atoms with Gasteiger partial charge in [-0.3, -0.25) is 4.79 Å². The average Bonchev–Trinajstić information content (AvgIpc) is 3.10. The van der Waals surface area contributed by atoms with Crippen molar-refractivity contribution in [1.29, 1.82) is 0 Å². The SMILES string of the molecule is Cc1nc2cc(NC(=O)c3nc4nccc(C)n4n3)ccc2o1. The maximum atomic E-state index is 12.3.